The Morgan fingerprint density at radius 1 is 1.40 bits per heavy atom. The van der Waals surface area contributed by atoms with Crippen LogP contribution in [-0.4, -0.2) is 33.3 Å². The van der Waals surface area contributed by atoms with Crippen LogP contribution in [0.25, 0.3) is 5.65 Å². The maximum absolute atomic E-state index is 12.7. The number of imidazole rings is 1. The zero-order chi connectivity index (χ0) is 17.4. The molecule has 0 bridgehead atoms. The van der Waals surface area contributed by atoms with Crippen molar-refractivity contribution in [3.05, 3.63) is 59.4 Å². The number of carbonyl (C=O) groups is 1. The third kappa shape index (κ3) is 2.66. The Hall–Kier alpha value is -3.11. The molecule has 1 saturated heterocycles. The van der Waals surface area contributed by atoms with Gasteiger partial charge in [0.2, 0.25) is 11.7 Å². The lowest BCUT2D eigenvalue weighted by molar-refractivity contribution is -0.129. The number of fused-ring (bicyclic) bond motifs is 1. The van der Waals surface area contributed by atoms with Gasteiger partial charge in [-0.15, -0.1) is 0 Å². The summed E-state index contributed by atoms with van der Waals surface area (Å²) in [4.78, 5) is 19.3. The quantitative estimate of drug-likeness (QED) is 0.788. The molecule has 0 saturated carbocycles. The summed E-state index contributed by atoms with van der Waals surface area (Å²) in [5.74, 6) is 0.897. The predicted molar refractivity (Wildman–Crippen MR) is 89.5 cm³/mol. The zero-order valence-electron chi connectivity index (χ0n) is 13.8. The van der Waals surface area contributed by atoms with E-state index in [1.807, 2.05) is 41.8 Å². The van der Waals surface area contributed by atoms with E-state index in [2.05, 4.69) is 15.2 Å². The number of rotatable bonds is 3. The second-order valence-corrected chi connectivity index (χ2v) is 6.05. The van der Waals surface area contributed by atoms with Gasteiger partial charge in [0.05, 0.1) is 17.9 Å². The van der Waals surface area contributed by atoms with Crippen molar-refractivity contribution < 1.29 is 9.21 Å². The van der Waals surface area contributed by atoms with Crippen molar-refractivity contribution in [1.29, 1.82) is 5.26 Å². The number of hydrogen-bond donors (Lipinski definition) is 1. The average Bonchev–Trinajstić information content (AvgIpc) is 3.19. The van der Waals surface area contributed by atoms with Crippen molar-refractivity contribution in [1.82, 2.24) is 19.6 Å². The van der Waals surface area contributed by atoms with Crippen LogP contribution in [-0.2, 0) is 11.3 Å². The van der Waals surface area contributed by atoms with E-state index in [0.29, 0.717) is 25.4 Å². The number of nitrogens with one attached hydrogen (secondary N) is 1. The maximum Gasteiger partial charge on any atom is 0.243 e. The van der Waals surface area contributed by atoms with E-state index in [1.165, 1.54) is 0 Å². The molecule has 0 aliphatic carbocycles. The van der Waals surface area contributed by atoms with Gasteiger partial charge in [-0.3, -0.25) is 9.69 Å². The molecule has 1 amide bonds. The molecule has 1 aliphatic rings. The Balaban J connectivity index is 1.74. The van der Waals surface area contributed by atoms with Crippen molar-refractivity contribution in [3.8, 4) is 6.07 Å². The summed E-state index contributed by atoms with van der Waals surface area (Å²) in [7, 11) is 0. The number of pyridine rings is 1. The van der Waals surface area contributed by atoms with E-state index >= 15 is 0 Å². The van der Waals surface area contributed by atoms with Gasteiger partial charge < -0.3 is 14.1 Å². The Labute approximate surface area is 144 Å². The van der Waals surface area contributed by atoms with E-state index < -0.39 is 6.04 Å². The number of amides is 1. The first kappa shape index (κ1) is 15.4. The third-order valence-electron chi connectivity index (χ3n) is 4.45. The first-order valence-electron chi connectivity index (χ1n) is 8.11. The average molecular weight is 335 g/mol. The number of carbonyl (C=O) groups excluding carboxylic acids is 1. The molecule has 1 aliphatic heterocycles. The van der Waals surface area contributed by atoms with Gasteiger partial charge in [0.25, 0.3) is 0 Å². The van der Waals surface area contributed by atoms with Gasteiger partial charge >= 0.3 is 0 Å². The minimum absolute atomic E-state index is 0.0490. The van der Waals surface area contributed by atoms with E-state index in [0.717, 1.165) is 17.0 Å². The van der Waals surface area contributed by atoms with Gasteiger partial charge in [0.15, 0.2) is 0 Å². The molecule has 1 unspecified atom stereocenters. The van der Waals surface area contributed by atoms with Crippen LogP contribution in [0.15, 0.2) is 40.9 Å². The van der Waals surface area contributed by atoms with Crippen LogP contribution in [0.3, 0.4) is 0 Å². The Morgan fingerprint density at radius 3 is 3.08 bits per heavy atom. The lowest BCUT2D eigenvalue weighted by Crippen LogP contribution is -2.50. The highest BCUT2D eigenvalue weighted by Crippen LogP contribution is 2.28. The summed E-state index contributed by atoms with van der Waals surface area (Å²) >= 11 is 0. The molecule has 1 N–H and O–H groups in total. The molecule has 1 atom stereocenters. The second kappa shape index (κ2) is 6.07. The zero-order valence-corrected chi connectivity index (χ0v) is 13.8. The number of aryl methyl sites for hydroxylation is 1. The van der Waals surface area contributed by atoms with Crippen LogP contribution in [0.2, 0.25) is 0 Å². The predicted octanol–water partition coefficient (Wildman–Crippen LogP) is 1.78. The first-order valence-corrected chi connectivity index (χ1v) is 8.11. The summed E-state index contributed by atoms with van der Waals surface area (Å²) in [6.07, 6.45) is 1.92. The molecule has 0 spiro atoms. The SMILES string of the molecule is Cc1nc2ccccn2c1C1C(=O)NCCN1Cc1ccc(C#N)o1. The fraction of sp³-hybridized carbons (Fsp3) is 0.278. The molecule has 4 heterocycles. The number of piperazine rings is 1. The second-order valence-electron chi connectivity index (χ2n) is 6.05. The van der Waals surface area contributed by atoms with E-state index in [1.54, 1.807) is 12.1 Å². The molecule has 7 heteroatoms. The van der Waals surface area contributed by atoms with E-state index in [-0.39, 0.29) is 11.7 Å². The van der Waals surface area contributed by atoms with Crippen molar-refractivity contribution >= 4 is 11.6 Å². The minimum Gasteiger partial charge on any atom is -0.449 e. The minimum atomic E-state index is -0.457. The third-order valence-corrected chi connectivity index (χ3v) is 4.45. The van der Waals surface area contributed by atoms with Crippen molar-refractivity contribution in [2.24, 2.45) is 0 Å². The highest BCUT2D eigenvalue weighted by molar-refractivity contribution is 5.84. The Morgan fingerprint density at radius 2 is 2.28 bits per heavy atom. The fourth-order valence-electron chi connectivity index (χ4n) is 3.37. The van der Waals surface area contributed by atoms with Crippen LogP contribution in [0.5, 0.6) is 0 Å². The van der Waals surface area contributed by atoms with Crippen molar-refractivity contribution in [2.45, 2.75) is 19.5 Å². The van der Waals surface area contributed by atoms with Crippen molar-refractivity contribution in [2.75, 3.05) is 13.1 Å². The molecule has 3 aromatic heterocycles. The van der Waals surface area contributed by atoms with E-state index in [4.69, 9.17) is 9.68 Å². The van der Waals surface area contributed by atoms with Crippen LogP contribution in [0, 0.1) is 18.3 Å². The van der Waals surface area contributed by atoms with Crippen LogP contribution < -0.4 is 5.32 Å². The normalized spacial score (nSPS) is 18.2. The lowest BCUT2D eigenvalue weighted by Gasteiger charge is -2.34. The largest absolute Gasteiger partial charge is 0.449 e. The number of nitriles is 1. The summed E-state index contributed by atoms with van der Waals surface area (Å²) < 4.78 is 7.46. The number of furan rings is 1. The van der Waals surface area contributed by atoms with Crippen LogP contribution in [0.4, 0.5) is 0 Å². The summed E-state index contributed by atoms with van der Waals surface area (Å²) in [6, 6.07) is 10.7. The molecule has 1 fully saturated rings. The van der Waals surface area contributed by atoms with Gasteiger partial charge in [-0.05, 0) is 31.2 Å². The van der Waals surface area contributed by atoms with Gasteiger partial charge in [0, 0.05) is 19.3 Å². The Kier molecular flexibility index (Phi) is 3.75. The monoisotopic (exact) mass is 335 g/mol. The maximum atomic E-state index is 12.7. The summed E-state index contributed by atoms with van der Waals surface area (Å²) in [5.41, 5.74) is 2.51. The highest BCUT2D eigenvalue weighted by atomic mass is 16.3. The molecular weight excluding hydrogens is 318 g/mol. The molecule has 126 valence electrons. The fourth-order valence-corrected chi connectivity index (χ4v) is 3.37. The van der Waals surface area contributed by atoms with Gasteiger partial charge in [0.1, 0.15) is 23.5 Å². The summed E-state index contributed by atoms with van der Waals surface area (Å²) in [5, 5.41) is 11.9. The molecule has 4 rings (SSSR count). The van der Waals surface area contributed by atoms with Crippen LogP contribution >= 0.6 is 0 Å². The Bertz CT molecular complexity index is 981. The lowest BCUT2D eigenvalue weighted by atomic mass is 10.1. The molecule has 0 aromatic carbocycles. The molecule has 0 radical (unpaired) electrons. The van der Waals surface area contributed by atoms with Gasteiger partial charge in [-0.25, -0.2) is 4.98 Å². The molecular formula is C18H17N5O2. The van der Waals surface area contributed by atoms with Gasteiger partial charge in [-0.2, -0.15) is 5.26 Å². The van der Waals surface area contributed by atoms with Crippen molar-refractivity contribution in [3.63, 3.8) is 0 Å². The van der Waals surface area contributed by atoms with Gasteiger partial charge in [-0.1, -0.05) is 6.07 Å². The topological polar surface area (TPSA) is 86.6 Å². The van der Waals surface area contributed by atoms with E-state index in [9.17, 15) is 4.79 Å². The number of hydrogen-bond acceptors (Lipinski definition) is 5. The first-order chi connectivity index (χ1) is 12.2. The molecule has 3 aromatic rings. The van der Waals surface area contributed by atoms with Crippen LogP contribution in [0.1, 0.15) is 29.0 Å². The molecule has 25 heavy (non-hydrogen) atoms. The number of aromatic nitrogens is 2. The highest BCUT2D eigenvalue weighted by Gasteiger charge is 2.35. The smallest absolute Gasteiger partial charge is 0.243 e. The number of nitrogens with zero attached hydrogens (tertiary/aromatic N) is 4. The summed E-state index contributed by atoms with van der Waals surface area (Å²) in [6.45, 7) is 3.65. The standard InChI is InChI=1S/C18H17N5O2/c1-12-16(23-8-3-2-4-15(23)21-12)17-18(24)20-7-9-22(17)11-14-6-5-13(10-19)25-14/h2-6,8,17H,7,9,11H2,1H3,(H,20,24). The molecule has 7 nitrogen and oxygen atoms in total.